The molecule has 7 heteroatoms. The number of rotatable bonds is 3. The van der Waals surface area contributed by atoms with Crippen LogP contribution in [0.5, 0.6) is 0 Å². The third kappa shape index (κ3) is 2.51. The van der Waals surface area contributed by atoms with E-state index in [1.165, 1.54) is 18.3 Å². The maximum atomic E-state index is 13.9. The average molecular weight is 304 g/mol. The summed E-state index contributed by atoms with van der Waals surface area (Å²) in [4.78, 5) is 25.0. The van der Waals surface area contributed by atoms with E-state index < -0.39 is 29.4 Å². The van der Waals surface area contributed by atoms with Crippen LogP contribution in [0.4, 0.5) is 4.39 Å². The van der Waals surface area contributed by atoms with Gasteiger partial charge in [-0.15, -0.1) is 0 Å². The Kier molecular flexibility index (Phi) is 3.74. The standard InChI is InChI=1S/C15H13FN2O4/c16-11-4-2-1-3-9(11)10-7-14(22-12(10)8-19)18-6-5-13(20)17-15(18)21/h1-7,12,14,19H,8H2,(H,17,20,21)/t12-,14-/m1/s1. The highest BCUT2D eigenvalue weighted by atomic mass is 19.1. The molecule has 6 nitrogen and oxygen atoms in total. The van der Waals surface area contributed by atoms with E-state index in [0.29, 0.717) is 11.1 Å². The molecule has 114 valence electrons. The zero-order valence-corrected chi connectivity index (χ0v) is 11.4. The number of aliphatic hydroxyl groups excluding tert-OH is 1. The Hall–Kier alpha value is -2.51. The summed E-state index contributed by atoms with van der Waals surface area (Å²) in [5.41, 5.74) is -0.387. The highest BCUT2D eigenvalue weighted by Gasteiger charge is 2.30. The van der Waals surface area contributed by atoms with Crippen molar-refractivity contribution in [2.24, 2.45) is 0 Å². The van der Waals surface area contributed by atoms with Gasteiger partial charge < -0.3 is 9.84 Å². The largest absolute Gasteiger partial charge is 0.393 e. The molecule has 0 bridgehead atoms. The molecule has 1 aromatic heterocycles. The summed E-state index contributed by atoms with van der Waals surface area (Å²) in [7, 11) is 0. The van der Waals surface area contributed by atoms with E-state index in [4.69, 9.17) is 4.74 Å². The molecular formula is C15H13FN2O4. The molecule has 0 saturated heterocycles. The van der Waals surface area contributed by atoms with E-state index in [-0.39, 0.29) is 6.61 Å². The van der Waals surface area contributed by atoms with Crippen LogP contribution in [-0.2, 0) is 4.74 Å². The first-order chi connectivity index (χ1) is 10.6. The molecule has 2 N–H and O–H groups in total. The number of hydrogen-bond acceptors (Lipinski definition) is 4. The Morgan fingerprint density at radius 2 is 2.05 bits per heavy atom. The molecule has 3 rings (SSSR count). The summed E-state index contributed by atoms with van der Waals surface area (Å²) in [6, 6.07) is 7.31. The number of nitrogens with one attached hydrogen (secondary N) is 1. The fourth-order valence-electron chi connectivity index (χ4n) is 2.42. The van der Waals surface area contributed by atoms with Crippen molar-refractivity contribution in [1.29, 1.82) is 0 Å². The van der Waals surface area contributed by atoms with E-state index in [2.05, 4.69) is 4.98 Å². The van der Waals surface area contributed by atoms with Crippen molar-refractivity contribution in [1.82, 2.24) is 9.55 Å². The zero-order chi connectivity index (χ0) is 15.7. The van der Waals surface area contributed by atoms with Crippen LogP contribution in [0.15, 0.2) is 52.2 Å². The fourth-order valence-corrected chi connectivity index (χ4v) is 2.42. The summed E-state index contributed by atoms with van der Waals surface area (Å²) in [5, 5.41) is 9.43. The predicted octanol–water partition coefficient (Wildman–Crippen LogP) is 0.649. The Labute approximate surface area is 124 Å². The minimum Gasteiger partial charge on any atom is -0.393 e. The van der Waals surface area contributed by atoms with Crippen LogP contribution in [0, 0.1) is 5.82 Å². The summed E-state index contributed by atoms with van der Waals surface area (Å²) in [6.07, 6.45) is 1.27. The van der Waals surface area contributed by atoms with Crippen molar-refractivity contribution in [3.8, 4) is 0 Å². The minimum atomic E-state index is -0.823. The van der Waals surface area contributed by atoms with Crippen LogP contribution < -0.4 is 11.2 Å². The van der Waals surface area contributed by atoms with E-state index in [9.17, 15) is 19.1 Å². The number of hydrogen-bond donors (Lipinski definition) is 2. The molecular weight excluding hydrogens is 291 g/mol. The summed E-state index contributed by atoms with van der Waals surface area (Å²) in [6.45, 7) is -0.352. The second kappa shape index (κ2) is 5.70. The van der Waals surface area contributed by atoms with Crippen molar-refractivity contribution in [3.05, 3.63) is 74.8 Å². The van der Waals surface area contributed by atoms with E-state index in [1.807, 2.05) is 0 Å². The Morgan fingerprint density at radius 3 is 2.73 bits per heavy atom. The van der Waals surface area contributed by atoms with Crippen LogP contribution >= 0.6 is 0 Å². The molecule has 2 aromatic rings. The molecule has 0 saturated carbocycles. The van der Waals surface area contributed by atoms with Crippen molar-refractivity contribution < 1.29 is 14.2 Å². The molecule has 0 spiro atoms. The molecule has 0 unspecified atom stereocenters. The Balaban J connectivity index is 2.05. The number of aromatic amines is 1. The Bertz CT molecular complexity index is 840. The van der Waals surface area contributed by atoms with Gasteiger partial charge in [0.05, 0.1) is 6.61 Å². The second-order valence-electron chi connectivity index (χ2n) is 4.82. The van der Waals surface area contributed by atoms with Gasteiger partial charge in [-0.2, -0.15) is 0 Å². The number of benzene rings is 1. The molecule has 1 aliphatic rings. The fraction of sp³-hybridized carbons (Fsp3) is 0.200. The SMILES string of the molecule is O=c1ccn([C@H]2C=C(c3ccccc3F)[C@@H](CO)O2)c(=O)[nH]1. The quantitative estimate of drug-likeness (QED) is 0.872. The van der Waals surface area contributed by atoms with E-state index in [1.54, 1.807) is 24.3 Å². The number of aromatic nitrogens is 2. The van der Waals surface area contributed by atoms with Crippen molar-refractivity contribution in [2.75, 3.05) is 6.61 Å². The highest BCUT2D eigenvalue weighted by Crippen LogP contribution is 2.33. The molecule has 2 heterocycles. The maximum absolute atomic E-state index is 13.9. The lowest BCUT2D eigenvalue weighted by Gasteiger charge is -2.15. The van der Waals surface area contributed by atoms with Gasteiger partial charge >= 0.3 is 5.69 Å². The topological polar surface area (TPSA) is 84.3 Å². The molecule has 22 heavy (non-hydrogen) atoms. The third-order valence-electron chi connectivity index (χ3n) is 3.45. The average Bonchev–Trinajstić information content (AvgIpc) is 2.91. The first kappa shape index (κ1) is 14.4. The van der Waals surface area contributed by atoms with Crippen molar-refractivity contribution in [3.63, 3.8) is 0 Å². The summed E-state index contributed by atoms with van der Waals surface area (Å²) < 4.78 is 20.7. The number of ether oxygens (including phenoxy) is 1. The molecule has 0 radical (unpaired) electrons. The number of nitrogens with zero attached hydrogens (tertiary/aromatic N) is 1. The normalized spacial score (nSPS) is 20.9. The molecule has 2 atom stereocenters. The van der Waals surface area contributed by atoms with Crippen molar-refractivity contribution >= 4 is 5.57 Å². The number of halogens is 1. The number of aliphatic hydroxyl groups is 1. The second-order valence-corrected chi connectivity index (χ2v) is 4.82. The van der Waals surface area contributed by atoms with Crippen LogP contribution in [0.2, 0.25) is 0 Å². The lowest BCUT2D eigenvalue weighted by Crippen LogP contribution is -2.32. The van der Waals surface area contributed by atoms with Gasteiger partial charge in [-0.25, -0.2) is 9.18 Å². The molecule has 0 aliphatic carbocycles. The molecule has 1 aromatic carbocycles. The highest BCUT2D eigenvalue weighted by molar-refractivity contribution is 5.71. The summed E-state index contributed by atoms with van der Waals surface area (Å²) >= 11 is 0. The first-order valence-electron chi connectivity index (χ1n) is 6.64. The number of H-pyrrole nitrogens is 1. The van der Waals surface area contributed by atoms with Gasteiger partial charge in [-0.3, -0.25) is 14.3 Å². The van der Waals surface area contributed by atoms with Gasteiger partial charge in [0, 0.05) is 17.8 Å². The first-order valence-corrected chi connectivity index (χ1v) is 6.64. The predicted molar refractivity (Wildman–Crippen MR) is 76.7 cm³/mol. The lowest BCUT2D eigenvalue weighted by molar-refractivity contribution is -0.00729. The van der Waals surface area contributed by atoms with Crippen LogP contribution in [0.3, 0.4) is 0 Å². The van der Waals surface area contributed by atoms with Gasteiger partial charge in [-0.1, -0.05) is 18.2 Å². The Morgan fingerprint density at radius 1 is 1.27 bits per heavy atom. The summed E-state index contributed by atoms with van der Waals surface area (Å²) in [5.74, 6) is -0.440. The molecule has 0 amide bonds. The van der Waals surface area contributed by atoms with Gasteiger partial charge in [0.15, 0.2) is 6.23 Å². The van der Waals surface area contributed by atoms with Gasteiger partial charge in [0.2, 0.25) is 0 Å². The van der Waals surface area contributed by atoms with E-state index >= 15 is 0 Å². The van der Waals surface area contributed by atoms with Crippen LogP contribution in [-0.4, -0.2) is 27.4 Å². The molecule has 0 fully saturated rings. The zero-order valence-electron chi connectivity index (χ0n) is 11.4. The third-order valence-corrected chi connectivity index (χ3v) is 3.45. The van der Waals surface area contributed by atoms with Gasteiger partial charge in [0.1, 0.15) is 11.9 Å². The minimum absolute atomic E-state index is 0.307. The lowest BCUT2D eigenvalue weighted by atomic mass is 10.0. The smallest absolute Gasteiger partial charge is 0.330 e. The molecule has 1 aliphatic heterocycles. The van der Waals surface area contributed by atoms with Gasteiger partial charge in [-0.05, 0) is 17.7 Å². The maximum Gasteiger partial charge on any atom is 0.330 e. The van der Waals surface area contributed by atoms with E-state index in [0.717, 1.165) is 4.57 Å². The van der Waals surface area contributed by atoms with Gasteiger partial charge in [0.25, 0.3) is 5.56 Å². The van der Waals surface area contributed by atoms with Crippen LogP contribution in [0.1, 0.15) is 11.8 Å². The monoisotopic (exact) mass is 304 g/mol. The van der Waals surface area contributed by atoms with Crippen LogP contribution in [0.25, 0.3) is 5.57 Å². The van der Waals surface area contributed by atoms with Crippen molar-refractivity contribution in [2.45, 2.75) is 12.3 Å².